The van der Waals surface area contributed by atoms with E-state index in [1.54, 1.807) is 26.4 Å². The molecule has 1 atom stereocenters. The van der Waals surface area contributed by atoms with Gasteiger partial charge in [0, 0.05) is 0 Å². The predicted molar refractivity (Wildman–Crippen MR) is 143 cm³/mol. The van der Waals surface area contributed by atoms with Gasteiger partial charge in [-0.3, -0.25) is 19.1 Å². The molecule has 1 aliphatic rings. The Bertz CT molecular complexity index is 1150. The van der Waals surface area contributed by atoms with E-state index in [4.69, 9.17) is 19.7 Å². The van der Waals surface area contributed by atoms with Crippen molar-refractivity contribution in [1.29, 1.82) is 0 Å². The van der Waals surface area contributed by atoms with Crippen LogP contribution in [0.3, 0.4) is 0 Å². The van der Waals surface area contributed by atoms with E-state index in [2.05, 4.69) is 17.6 Å². The number of amides is 2. The van der Waals surface area contributed by atoms with Crippen molar-refractivity contribution >= 4 is 17.8 Å². The van der Waals surface area contributed by atoms with Gasteiger partial charge in [-0.15, -0.1) is 0 Å². The van der Waals surface area contributed by atoms with E-state index in [-0.39, 0.29) is 18.2 Å². The topological polar surface area (TPSA) is 132 Å². The van der Waals surface area contributed by atoms with E-state index in [1.807, 2.05) is 36.7 Å². The number of benzene rings is 1. The van der Waals surface area contributed by atoms with Gasteiger partial charge in [0.2, 0.25) is 5.91 Å². The van der Waals surface area contributed by atoms with E-state index in [9.17, 15) is 14.4 Å². The first-order valence-electron chi connectivity index (χ1n) is 12.9. The van der Waals surface area contributed by atoms with Gasteiger partial charge in [0.15, 0.2) is 5.69 Å². The minimum absolute atomic E-state index is 0.0986. The smallest absolute Gasteiger partial charge is 0.322 e. The summed E-state index contributed by atoms with van der Waals surface area (Å²) in [6, 6.07) is 6.75. The molecule has 1 saturated carbocycles. The number of hydrogen-bond donors (Lipinski definition) is 3. The molecule has 1 fully saturated rings. The van der Waals surface area contributed by atoms with E-state index in [0.717, 1.165) is 42.5 Å². The highest BCUT2D eigenvalue weighted by atomic mass is 16.5. The lowest BCUT2D eigenvalue weighted by Gasteiger charge is -2.28. The van der Waals surface area contributed by atoms with Crippen molar-refractivity contribution in [2.75, 3.05) is 20.8 Å². The van der Waals surface area contributed by atoms with Crippen LogP contribution in [0, 0.1) is 5.92 Å². The van der Waals surface area contributed by atoms with Gasteiger partial charge in [0.25, 0.3) is 5.91 Å². The van der Waals surface area contributed by atoms with Gasteiger partial charge in [-0.1, -0.05) is 24.6 Å². The van der Waals surface area contributed by atoms with Crippen LogP contribution in [-0.2, 0) is 9.59 Å². The largest absolute Gasteiger partial charge is 0.496 e. The summed E-state index contributed by atoms with van der Waals surface area (Å²) in [5.74, 6) is -0.180. The second-order valence-electron chi connectivity index (χ2n) is 10.0. The number of aliphatic carboxylic acids is 1. The van der Waals surface area contributed by atoms with Gasteiger partial charge >= 0.3 is 5.97 Å². The Hall–Kier alpha value is -3.82. The maximum atomic E-state index is 13.4. The Labute approximate surface area is 223 Å². The highest BCUT2D eigenvalue weighted by Gasteiger charge is 2.28. The zero-order valence-corrected chi connectivity index (χ0v) is 22.7. The number of methoxy groups -OCH3 is 2. The van der Waals surface area contributed by atoms with Crippen LogP contribution in [0.1, 0.15) is 69.4 Å². The number of carboxylic acids is 1. The Morgan fingerprint density at radius 2 is 1.76 bits per heavy atom. The molecule has 0 aliphatic heterocycles. The summed E-state index contributed by atoms with van der Waals surface area (Å²) in [5, 5.41) is 18.8. The molecular formula is C28H38N4O6. The summed E-state index contributed by atoms with van der Waals surface area (Å²) in [4.78, 5) is 36.5. The van der Waals surface area contributed by atoms with Crippen LogP contribution in [-0.4, -0.2) is 59.5 Å². The molecular weight excluding hydrogens is 488 g/mol. The molecule has 1 aromatic carbocycles. The van der Waals surface area contributed by atoms with Gasteiger partial charge in [0.05, 0.1) is 44.0 Å². The number of rotatable bonds is 11. The molecule has 206 valence electrons. The third-order valence-corrected chi connectivity index (χ3v) is 6.68. The zero-order chi connectivity index (χ0) is 27.8. The fraction of sp³-hybridized carbons (Fsp3) is 0.500. The minimum Gasteiger partial charge on any atom is -0.496 e. The van der Waals surface area contributed by atoms with Crippen LogP contribution >= 0.6 is 0 Å². The molecule has 1 aromatic heterocycles. The van der Waals surface area contributed by atoms with E-state index < -0.39 is 30.4 Å². The lowest BCUT2D eigenvalue weighted by Crippen LogP contribution is -2.39. The lowest BCUT2D eigenvalue weighted by atomic mass is 9.87. The van der Waals surface area contributed by atoms with Crippen LogP contribution in [0.5, 0.6) is 11.5 Å². The fourth-order valence-electron chi connectivity index (χ4n) is 4.80. The second-order valence-corrected chi connectivity index (χ2v) is 10.0. The number of nitrogens with one attached hydrogen (secondary N) is 2. The highest BCUT2D eigenvalue weighted by Crippen LogP contribution is 2.42. The number of carbonyl (C=O) groups excluding carboxylic acids is 2. The lowest BCUT2D eigenvalue weighted by molar-refractivity contribution is -0.138. The summed E-state index contributed by atoms with van der Waals surface area (Å²) < 4.78 is 13.2. The molecule has 3 N–H and O–H groups in total. The normalized spacial score (nSPS) is 17.7. The standard InChI is InChI=1S/C28H38N4O6/c1-17(2)13-19(14-25(33)29-16-26(34)35)30-28(36)21-15-22(27-23(37-4)7-6-8-24(27)38-5)32(31-21)20-11-9-18(3)10-12-20/h6-8,13,15,18-20H,9-12,14,16H2,1-5H3,(H,29,33)(H,30,36)(H,34,35)/t18?,19-,20?/m0/s1. The van der Waals surface area contributed by atoms with Crippen LogP contribution in [0.15, 0.2) is 35.9 Å². The van der Waals surface area contributed by atoms with Crippen LogP contribution in [0.25, 0.3) is 11.3 Å². The Balaban J connectivity index is 1.97. The molecule has 1 aliphatic carbocycles. The van der Waals surface area contributed by atoms with E-state index >= 15 is 0 Å². The van der Waals surface area contributed by atoms with Gasteiger partial charge < -0.3 is 25.2 Å². The number of carboxylic acid groups (broad SMARTS) is 1. The number of aromatic nitrogens is 2. The molecule has 0 saturated heterocycles. The van der Waals surface area contributed by atoms with Crippen LogP contribution < -0.4 is 20.1 Å². The SMILES string of the molecule is COc1cccc(OC)c1-c1cc(C(=O)N[C@@H](C=C(C)C)CC(=O)NCC(=O)O)nn1C1CCC(C)CC1. The van der Waals surface area contributed by atoms with Crippen molar-refractivity contribution in [3.63, 3.8) is 0 Å². The molecule has 2 amide bonds. The number of nitrogens with zero attached hydrogens (tertiary/aromatic N) is 2. The Morgan fingerprint density at radius 3 is 2.32 bits per heavy atom. The zero-order valence-electron chi connectivity index (χ0n) is 22.7. The van der Waals surface area contributed by atoms with Gasteiger partial charge in [-0.05, 0) is 63.6 Å². The van der Waals surface area contributed by atoms with Gasteiger partial charge in [-0.25, -0.2) is 0 Å². The summed E-state index contributed by atoms with van der Waals surface area (Å²) in [6.07, 6.45) is 5.70. The van der Waals surface area contributed by atoms with Crippen LogP contribution in [0.2, 0.25) is 0 Å². The molecule has 2 aromatic rings. The van der Waals surface area contributed by atoms with Crippen molar-refractivity contribution in [1.82, 2.24) is 20.4 Å². The third-order valence-electron chi connectivity index (χ3n) is 6.68. The molecule has 0 radical (unpaired) electrons. The first kappa shape index (κ1) is 28.7. The monoisotopic (exact) mass is 526 g/mol. The van der Waals surface area contributed by atoms with Crippen molar-refractivity contribution in [2.45, 2.75) is 65.0 Å². The molecule has 1 heterocycles. The minimum atomic E-state index is -1.14. The predicted octanol–water partition coefficient (Wildman–Crippen LogP) is 3.97. The first-order valence-corrected chi connectivity index (χ1v) is 12.9. The summed E-state index contributed by atoms with van der Waals surface area (Å²) in [6.45, 7) is 5.49. The molecule has 3 rings (SSSR count). The average Bonchev–Trinajstić information content (AvgIpc) is 3.32. The van der Waals surface area contributed by atoms with Crippen molar-refractivity contribution in [3.05, 3.63) is 41.6 Å². The molecule has 0 spiro atoms. The van der Waals surface area contributed by atoms with Crippen molar-refractivity contribution in [3.8, 4) is 22.8 Å². The maximum absolute atomic E-state index is 13.4. The van der Waals surface area contributed by atoms with E-state index in [0.29, 0.717) is 17.4 Å². The molecule has 10 nitrogen and oxygen atoms in total. The maximum Gasteiger partial charge on any atom is 0.322 e. The average molecular weight is 527 g/mol. The number of hydrogen-bond acceptors (Lipinski definition) is 6. The fourth-order valence-corrected chi connectivity index (χ4v) is 4.80. The summed E-state index contributed by atoms with van der Waals surface area (Å²) in [7, 11) is 3.18. The number of carbonyl (C=O) groups is 3. The number of ether oxygens (including phenoxy) is 2. The molecule has 10 heteroatoms. The molecule has 38 heavy (non-hydrogen) atoms. The van der Waals surface area contributed by atoms with E-state index in [1.165, 1.54) is 0 Å². The summed E-state index contributed by atoms with van der Waals surface area (Å²) in [5.41, 5.74) is 2.56. The Kier molecular flexibility index (Phi) is 9.92. The quantitative estimate of drug-likeness (QED) is 0.378. The third kappa shape index (κ3) is 7.36. The molecule has 0 unspecified atom stereocenters. The number of allylic oxidation sites excluding steroid dienone is 1. The first-order chi connectivity index (χ1) is 18.1. The van der Waals surface area contributed by atoms with Crippen molar-refractivity contribution in [2.24, 2.45) is 5.92 Å². The van der Waals surface area contributed by atoms with Crippen molar-refractivity contribution < 1.29 is 29.0 Å². The summed E-state index contributed by atoms with van der Waals surface area (Å²) >= 11 is 0. The molecule has 0 bridgehead atoms. The van der Waals surface area contributed by atoms with Gasteiger partial charge in [0.1, 0.15) is 18.0 Å². The Morgan fingerprint density at radius 1 is 1.13 bits per heavy atom. The second kappa shape index (κ2) is 13.1. The van der Waals surface area contributed by atoms with Crippen LogP contribution in [0.4, 0.5) is 0 Å². The highest BCUT2D eigenvalue weighted by molar-refractivity contribution is 5.95. The van der Waals surface area contributed by atoms with Gasteiger partial charge in [-0.2, -0.15) is 5.10 Å².